The third-order valence-corrected chi connectivity index (χ3v) is 6.87. The average Bonchev–Trinajstić information content (AvgIpc) is 3.22. The van der Waals surface area contributed by atoms with Gasteiger partial charge in [0.25, 0.3) is 5.91 Å². The van der Waals surface area contributed by atoms with E-state index in [1.807, 2.05) is 18.2 Å². The largest absolute Gasteiger partial charge is 0.455 e. The Bertz CT molecular complexity index is 885. The normalized spacial score (nSPS) is 25.3. The molecule has 2 heterocycles. The summed E-state index contributed by atoms with van der Waals surface area (Å²) in [5.74, 6) is 1.41. The van der Waals surface area contributed by atoms with E-state index in [4.69, 9.17) is 4.42 Å². The SMILES string of the molecule is CC(C)N(Cc1ccccc1)Cc1ccc(C(=O)N2CC3(C)CC2CC(C)(C)C3)o1. The van der Waals surface area contributed by atoms with Gasteiger partial charge in [-0.2, -0.15) is 0 Å². The summed E-state index contributed by atoms with van der Waals surface area (Å²) >= 11 is 0. The van der Waals surface area contributed by atoms with Gasteiger partial charge in [0, 0.05) is 25.2 Å². The minimum atomic E-state index is 0.0619. The van der Waals surface area contributed by atoms with Crippen LogP contribution in [0.15, 0.2) is 46.9 Å². The van der Waals surface area contributed by atoms with Crippen molar-refractivity contribution in [1.29, 1.82) is 0 Å². The molecule has 2 atom stereocenters. The quantitative estimate of drug-likeness (QED) is 0.612. The first-order valence-electron chi connectivity index (χ1n) is 11.3. The average molecular weight is 409 g/mol. The number of hydrogen-bond donors (Lipinski definition) is 0. The molecule has 0 N–H and O–H groups in total. The minimum absolute atomic E-state index is 0.0619. The summed E-state index contributed by atoms with van der Waals surface area (Å²) in [6, 6.07) is 15.1. The van der Waals surface area contributed by atoms with Crippen molar-refractivity contribution in [2.24, 2.45) is 10.8 Å². The maximum Gasteiger partial charge on any atom is 0.289 e. The Hall–Kier alpha value is -2.07. The van der Waals surface area contributed by atoms with Crippen LogP contribution in [-0.4, -0.2) is 34.3 Å². The zero-order chi connectivity index (χ0) is 21.5. The van der Waals surface area contributed by atoms with Crippen molar-refractivity contribution in [3.05, 3.63) is 59.5 Å². The van der Waals surface area contributed by atoms with Gasteiger partial charge in [-0.25, -0.2) is 0 Å². The number of benzene rings is 1. The van der Waals surface area contributed by atoms with E-state index >= 15 is 0 Å². The molecule has 1 aromatic heterocycles. The summed E-state index contributed by atoms with van der Waals surface area (Å²) in [6.45, 7) is 13.8. The number of likely N-dealkylation sites (tertiary alicyclic amines) is 1. The molecular formula is C26H36N2O2. The van der Waals surface area contributed by atoms with Crippen molar-refractivity contribution in [3.63, 3.8) is 0 Å². The Kier molecular flexibility index (Phi) is 5.56. The molecule has 162 valence electrons. The highest BCUT2D eigenvalue weighted by molar-refractivity contribution is 5.92. The third-order valence-electron chi connectivity index (χ3n) is 6.87. The molecule has 0 spiro atoms. The number of nitrogens with zero attached hydrogens (tertiary/aromatic N) is 2. The first-order valence-corrected chi connectivity index (χ1v) is 11.3. The molecule has 1 amide bonds. The predicted molar refractivity (Wildman–Crippen MR) is 120 cm³/mol. The Morgan fingerprint density at radius 2 is 1.83 bits per heavy atom. The fourth-order valence-corrected chi connectivity index (χ4v) is 5.86. The standard InChI is InChI=1S/C26H36N2O2/c1-19(2)27(15-20-9-7-6-8-10-20)16-22-11-12-23(30-22)24(29)28-18-26(5)14-21(28)13-25(3,4)17-26/h6-12,19,21H,13-18H2,1-5H3. The maximum absolute atomic E-state index is 13.3. The Morgan fingerprint density at radius 1 is 1.10 bits per heavy atom. The van der Waals surface area contributed by atoms with Crippen molar-refractivity contribution in [1.82, 2.24) is 9.80 Å². The van der Waals surface area contributed by atoms with E-state index in [-0.39, 0.29) is 11.3 Å². The van der Waals surface area contributed by atoms with Gasteiger partial charge in [-0.05, 0) is 61.6 Å². The molecule has 2 aliphatic rings. The monoisotopic (exact) mass is 408 g/mol. The highest BCUT2D eigenvalue weighted by Gasteiger charge is 2.51. The molecule has 1 aromatic carbocycles. The fourth-order valence-electron chi connectivity index (χ4n) is 5.86. The molecule has 1 aliphatic carbocycles. The van der Waals surface area contributed by atoms with Crippen LogP contribution in [-0.2, 0) is 13.1 Å². The number of furan rings is 1. The van der Waals surface area contributed by atoms with Crippen molar-refractivity contribution in [2.45, 2.75) is 79.1 Å². The highest BCUT2D eigenvalue weighted by atomic mass is 16.4. The summed E-state index contributed by atoms with van der Waals surface area (Å²) in [5, 5.41) is 0. The van der Waals surface area contributed by atoms with Crippen molar-refractivity contribution < 1.29 is 9.21 Å². The van der Waals surface area contributed by atoms with Crippen molar-refractivity contribution in [2.75, 3.05) is 6.54 Å². The van der Waals surface area contributed by atoms with E-state index in [0.29, 0.717) is 29.8 Å². The molecule has 2 unspecified atom stereocenters. The van der Waals surface area contributed by atoms with Crippen molar-refractivity contribution >= 4 is 5.91 Å². The Labute approximate surface area is 181 Å². The second kappa shape index (κ2) is 7.88. The Balaban J connectivity index is 1.45. The molecule has 0 radical (unpaired) electrons. The minimum Gasteiger partial charge on any atom is -0.455 e. The number of fused-ring (bicyclic) bond motifs is 2. The third kappa shape index (κ3) is 4.49. The van der Waals surface area contributed by atoms with Gasteiger partial charge in [0.15, 0.2) is 5.76 Å². The fraction of sp³-hybridized carbons (Fsp3) is 0.577. The number of carbonyl (C=O) groups excluding carboxylic acids is 1. The van der Waals surface area contributed by atoms with Crippen LogP contribution >= 0.6 is 0 Å². The second-order valence-corrected chi connectivity index (χ2v) is 10.9. The zero-order valence-corrected chi connectivity index (χ0v) is 19.1. The number of carbonyl (C=O) groups is 1. The van der Waals surface area contributed by atoms with Crippen LogP contribution in [0.3, 0.4) is 0 Å². The molecule has 1 aliphatic heterocycles. The molecule has 1 saturated heterocycles. The number of amides is 1. The van der Waals surface area contributed by atoms with Gasteiger partial charge in [-0.1, -0.05) is 51.1 Å². The van der Waals surface area contributed by atoms with Crippen molar-refractivity contribution in [3.8, 4) is 0 Å². The molecule has 4 heteroatoms. The maximum atomic E-state index is 13.3. The lowest BCUT2D eigenvalue weighted by Gasteiger charge is -2.39. The van der Waals surface area contributed by atoms with Gasteiger partial charge in [-0.15, -0.1) is 0 Å². The van der Waals surface area contributed by atoms with Crippen LogP contribution in [0.5, 0.6) is 0 Å². The van der Waals surface area contributed by atoms with Gasteiger partial charge in [-0.3, -0.25) is 9.69 Å². The summed E-state index contributed by atoms with van der Waals surface area (Å²) in [5.41, 5.74) is 1.83. The van der Waals surface area contributed by atoms with E-state index in [1.165, 1.54) is 12.0 Å². The second-order valence-electron chi connectivity index (χ2n) is 10.9. The van der Waals surface area contributed by atoms with E-state index in [9.17, 15) is 4.79 Å². The van der Waals surface area contributed by atoms with E-state index < -0.39 is 0 Å². The number of hydrogen-bond acceptors (Lipinski definition) is 3. The van der Waals surface area contributed by atoms with Crippen LogP contribution in [0.25, 0.3) is 0 Å². The summed E-state index contributed by atoms with van der Waals surface area (Å²) in [7, 11) is 0. The van der Waals surface area contributed by atoms with Gasteiger partial charge >= 0.3 is 0 Å². The summed E-state index contributed by atoms with van der Waals surface area (Å²) < 4.78 is 6.08. The molecule has 2 bridgehead atoms. The van der Waals surface area contributed by atoms with Crippen LogP contribution in [0.4, 0.5) is 0 Å². The molecule has 4 rings (SSSR count). The lowest BCUT2D eigenvalue weighted by Crippen LogP contribution is -2.37. The summed E-state index contributed by atoms with van der Waals surface area (Å²) in [4.78, 5) is 17.7. The van der Waals surface area contributed by atoms with Crippen LogP contribution in [0.2, 0.25) is 0 Å². The Morgan fingerprint density at radius 3 is 2.53 bits per heavy atom. The molecule has 2 aromatic rings. The van der Waals surface area contributed by atoms with Gasteiger partial charge in [0.1, 0.15) is 5.76 Å². The predicted octanol–water partition coefficient (Wildman–Crippen LogP) is 5.73. The zero-order valence-electron chi connectivity index (χ0n) is 19.1. The lowest BCUT2D eigenvalue weighted by molar-refractivity contribution is 0.0671. The molecule has 4 nitrogen and oxygen atoms in total. The topological polar surface area (TPSA) is 36.7 Å². The lowest BCUT2D eigenvalue weighted by atomic mass is 9.65. The van der Waals surface area contributed by atoms with Crippen LogP contribution < -0.4 is 0 Å². The van der Waals surface area contributed by atoms with Gasteiger partial charge < -0.3 is 9.32 Å². The van der Waals surface area contributed by atoms with Gasteiger partial charge in [0.05, 0.1) is 6.54 Å². The van der Waals surface area contributed by atoms with E-state index in [1.54, 1.807) is 0 Å². The molecule has 2 fully saturated rings. The van der Waals surface area contributed by atoms with E-state index in [0.717, 1.165) is 31.7 Å². The first-order chi connectivity index (χ1) is 14.1. The van der Waals surface area contributed by atoms with Gasteiger partial charge in [0.2, 0.25) is 0 Å². The highest BCUT2D eigenvalue weighted by Crippen LogP contribution is 2.52. The van der Waals surface area contributed by atoms with E-state index in [2.05, 4.69) is 68.7 Å². The number of rotatable bonds is 6. The first kappa shape index (κ1) is 21.2. The molecule has 30 heavy (non-hydrogen) atoms. The molecular weight excluding hydrogens is 372 g/mol. The summed E-state index contributed by atoms with van der Waals surface area (Å²) in [6.07, 6.45) is 3.39. The molecule has 1 saturated carbocycles. The van der Waals surface area contributed by atoms with Crippen LogP contribution in [0.1, 0.15) is 75.8 Å². The smallest absolute Gasteiger partial charge is 0.289 e. The van der Waals surface area contributed by atoms with Crippen LogP contribution in [0, 0.1) is 10.8 Å².